The molecular formula is C21H24N2O5S2. The van der Waals surface area contributed by atoms with E-state index in [1.807, 2.05) is 23.6 Å². The summed E-state index contributed by atoms with van der Waals surface area (Å²) in [4.78, 5) is 17.5. The summed E-state index contributed by atoms with van der Waals surface area (Å²) in [6.45, 7) is 2.67. The van der Waals surface area contributed by atoms with Gasteiger partial charge in [0.1, 0.15) is 21.7 Å². The molecule has 30 heavy (non-hydrogen) atoms. The predicted molar refractivity (Wildman–Crippen MR) is 117 cm³/mol. The monoisotopic (exact) mass is 448 g/mol. The molecule has 1 heterocycles. The van der Waals surface area contributed by atoms with E-state index < -0.39 is 15.7 Å². The van der Waals surface area contributed by atoms with Gasteiger partial charge in [-0.3, -0.25) is 4.79 Å². The third-order valence-electron chi connectivity index (χ3n) is 4.55. The van der Waals surface area contributed by atoms with Crippen LogP contribution in [0.2, 0.25) is 0 Å². The van der Waals surface area contributed by atoms with Crippen LogP contribution in [0, 0.1) is 0 Å². The van der Waals surface area contributed by atoms with E-state index in [0.29, 0.717) is 22.8 Å². The number of hydrogen-bond donors (Lipinski definition) is 0. The molecule has 1 amide bonds. The Bertz CT molecular complexity index is 1210. The van der Waals surface area contributed by atoms with E-state index in [-0.39, 0.29) is 17.1 Å². The van der Waals surface area contributed by atoms with Crippen LogP contribution in [0.1, 0.15) is 19.8 Å². The largest absolute Gasteiger partial charge is 0.495 e. The van der Waals surface area contributed by atoms with Crippen LogP contribution < -0.4 is 14.3 Å². The number of sulfone groups is 1. The number of methoxy groups -OCH3 is 2. The summed E-state index contributed by atoms with van der Waals surface area (Å²) in [6.07, 6.45) is 0.641. The number of thiazole rings is 1. The van der Waals surface area contributed by atoms with Crippen molar-refractivity contribution in [3.8, 4) is 11.5 Å². The number of aryl methyl sites for hydroxylation is 1. The first kappa shape index (κ1) is 22.0. The summed E-state index contributed by atoms with van der Waals surface area (Å²) in [5, 5.41) is 0. The Morgan fingerprint density at radius 3 is 2.37 bits per heavy atom. The average Bonchev–Trinajstić information content (AvgIpc) is 3.10. The molecule has 1 aromatic heterocycles. The smallest absolute Gasteiger partial charge is 0.249 e. The van der Waals surface area contributed by atoms with Crippen molar-refractivity contribution in [3.63, 3.8) is 0 Å². The lowest BCUT2D eigenvalue weighted by molar-refractivity contribution is -0.117. The van der Waals surface area contributed by atoms with Gasteiger partial charge < -0.3 is 14.0 Å². The molecule has 0 N–H and O–H groups in total. The van der Waals surface area contributed by atoms with Crippen LogP contribution in [-0.2, 0) is 21.2 Å². The van der Waals surface area contributed by atoms with Crippen LogP contribution >= 0.6 is 11.3 Å². The van der Waals surface area contributed by atoms with E-state index >= 15 is 0 Å². The van der Waals surface area contributed by atoms with Crippen molar-refractivity contribution in [1.82, 2.24) is 4.57 Å². The summed E-state index contributed by atoms with van der Waals surface area (Å²) in [6, 6.07) is 11.7. The molecule has 160 valence electrons. The van der Waals surface area contributed by atoms with Gasteiger partial charge in [-0.1, -0.05) is 36.5 Å². The molecule has 3 rings (SSSR count). The van der Waals surface area contributed by atoms with Crippen LogP contribution in [0.5, 0.6) is 11.5 Å². The number of rotatable bonds is 8. The molecule has 0 aliphatic carbocycles. The molecule has 9 heteroatoms. The van der Waals surface area contributed by atoms with Gasteiger partial charge in [0.2, 0.25) is 5.91 Å². The summed E-state index contributed by atoms with van der Waals surface area (Å²) >= 11 is 1.32. The lowest BCUT2D eigenvalue weighted by Crippen LogP contribution is -2.18. The van der Waals surface area contributed by atoms with Crippen molar-refractivity contribution in [2.45, 2.75) is 31.2 Å². The number of ether oxygens (including phenoxy) is 2. The van der Waals surface area contributed by atoms with E-state index in [9.17, 15) is 13.2 Å². The first-order chi connectivity index (χ1) is 14.4. The SMILES string of the molecule is CCCn1c(=NC(=O)CCS(=O)(=O)c2ccccc2)sc2c(OC)ccc(OC)c21. The second kappa shape index (κ2) is 9.44. The van der Waals surface area contributed by atoms with Gasteiger partial charge in [0.25, 0.3) is 0 Å². The normalized spacial score (nSPS) is 12.3. The van der Waals surface area contributed by atoms with E-state index in [1.54, 1.807) is 32.4 Å². The molecule has 7 nitrogen and oxygen atoms in total. The maximum atomic E-state index is 12.5. The fourth-order valence-electron chi connectivity index (χ4n) is 3.10. The fraction of sp³-hybridized carbons (Fsp3) is 0.333. The lowest BCUT2D eigenvalue weighted by Gasteiger charge is -2.09. The Kier molecular flexibility index (Phi) is 6.94. The predicted octanol–water partition coefficient (Wildman–Crippen LogP) is 3.42. The maximum absolute atomic E-state index is 12.5. The Labute approximate surface area is 179 Å². The van der Waals surface area contributed by atoms with Crippen LogP contribution in [0.3, 0.4) is 0 Å². The zero-order valence-corrected chi connectivity index (χ0v) is 18.8. The number of nitrogens with zero attached hydrogens (tertiary/aromatic N) is 2. The second-order valence-electron chi connectivity index (χ2n) is 6.57. The third kappa shape index (κ3) is 4.57. The Morgan fingerprint density at radius 2 is 1.73 bits per heavy atom. The van der Waals surface area contributed by atoms with Crippen LogP contribution in [-0.4, -0.2) is 38.9 Å². The average molecular weight is 449 g/mol. The van der Waals surface area contributed by atoms with E-state index in [0.717, 1.165) is 16.6 Å². The molecule has 0 saturated carbocycles. The van der Waals surface area contributed by atoms with Gasteiger partial charge in [0, 0.05) is 13.0 Å². The van der Waals surface area contributed by atoms with Gasteiger partial charge in [-0.05, 0) is 30.7 Å². The van der Waals surface area contributed by atoms with Gasteiger partial charge in [-0.2, -0.15) is 4.99 Å². The number of carbonyl (C=O) groups excluding carboxylic acids is 1. The van der Waals surface area contributed by atoms with Crippen molar-refractivity contribution < 1.29 is 22.7 Å². The highest BCUT2D eigenvalue weighted by molar-refractivity contribution is 7.91. The summed E-state index contributed by atoms with van der Waals surface area (Å²) < 4.78 is 38.6. The molecule has 0 bridgehead atoms. The quantitative estimate of drug-likeness (QED) is 0.527. The third-order valence-corrected chi connectivity index (χ3v) is 7.37. The maximum Gasteiger partial charge on any atom is 0.249 e. The fourth-order valence-corrected chi connectivity index (χ4v) is 5.53. The molecule has 0 fully saturated rings. The molecule has 2 aromatic carbocycles. The summed E-state index contributed by atoms with van der Waals surface area (Å²) in [7, 11) is -0.364. The van der Waals surface area contributed by atoms with Crippen molar-refractivity contribution in [1.29, 1.82) is 0 Å². The van der Waals surface area contributed by atoms with E-state index in [2.05, 4.69) is 4.99 Å². The number of amides is 1. The van der Waals surface area contributed by atoms with Crippen LogP contribution in [0.4, 0.5) is 0 Å². The Balaban J connectivity index is 1.97. The first-order valence-corrected chi connectivity index (χ1v) is 12.0. The van der Waals surface area contributed by atoms with Crippen molar-refractivity contribution in [2.75, 3.05) is 20.0 Å². The summed E-state index contributed by atoms with van der Waals surface area (Å²) in [5.41, 5.74) is 0.812. The van der Waals surface area contributed by atoms with Crippen LogP contribution in [0.25, 0.3) is 10.2 Å². The van der Waals surface area contributed by atoms with Crippen molar-refractivity contribution in [3.05, 3.63) is 47.3 Å². The molecule has 0 atom stereocenters. The molecule has 0 spiro atoms. The first-order valence-electron chi connectivity index (χ1n) is 9.51. The number of carbonyl (C=O) groups is 1. The van der Waals surface area contributed by atoms with E-state index in [1.165, 1.54) is 23.5 Å². The molecule has 3 aromatic rings. The van der Waals surface area contributed by atoms with Gasteiger partial charge >= 0.3 is 0 Å². The Hall–Kier alpha value is -2.65. The van der Waals surface area contributed by atoms with Crippen molar-refractivity contribution in [2.24, 2.45) is 4.99 Å². The van der Waals surface area contributed by atoms with Gasteiger partial charge in [0.15, 0.2) is 14.6 Å². The molecular weight excluding hydrogens is 424 g/mol. The minimum Gasteiger partial charge on any atom is -0.495 e. The highest BCUT2D eigenvalue weighted by Crippen LogP contribution is 2.35. The molecule has 0 saturated heterocycles. The van der Waals surface area contributed by atoms with Gasteiger partial charge in [0.05, 0.1) is 24.9 Å². The number of hydrogen-bond acceptors (Lipinski definition) is 6. The van der Waals surface area contributed by atoms with Gasteiger partial charge in [-0.25, -0.2) is 8.42 Å². The topological polar surface area (TPSA) is 87.0 Å². The number of benzene rings is 2. The zero-order valence-electron chi connectivity index (χ0n) is 17.1. The standard InChI is InChI=1S/C21H24N2O5S2/c1-4-13-23-19-16(27-2)10-11-17(28-3)20(19)29-21(23)22-18(24)12-14-30(25,26)15-8-6-5-7-9-15/h5-11H,4,12-14H2,1-3H3. The van der Waals surface area contributed by atoms with Crippen molar-refractivity contribution >= 4 is 37.3 Å². The van der Waals surface area contributed by atoms with E-state index in [4.69, 9.17) is 9.47 Å². The molecule has 0 aliphatic rings. The minimum absolute atomic E-state index is 0.189. The molecule has 0 radical (unpaired) electrons. The zero-order chi connectivity index (χ0) is 21.7. The Morgan fingerprint density at radius 1 is 1.07 bits per heavy atom. The van der Waals surface area contributed by atoms with Gasteiger partial charge in [-0.15, -0.1) is 0 Å². The number of aromatic nitrogens is 1. The highest BCUT2D eigenvalue weighted by atomic mass is 32.2. The highest BCUT2D eigenvalue weighted by Gasteiger charge is 2.18. The summed E-state index contributed by atoms with van der Waals surface area (Å²) in [5.74, 6) is 0.561. The van der Waals surface area contributed by atoms with Crippen LogP contribution in [0.15, 0.2) is 52.4 Å². The number of fused-ring (bicyclic) bond motifs is 1. The lowest BCUT2D eigenvalue weighted by atomic mass is 10.3. The molecule has 0 unspecified atom stereocenters. The second-order valence-corrected chi connectivity index (χ2v) is 9.66. The minimum atomic E-state index is -3.54. The molecule has 0 aliphatic heterocycles.